The van der Waals surface area contributed by atoms with Gasteiger partial charge in [-0.2, -0.15) is 0 Å². The maximum absolute atomic E-state index is 5.78. The van der Waals surface area contributed by atoms with E-state index < -0.39 is 0 Å². The van der Waals surface area contributed by atoms with Crippen molar-refractivity contribution in [1.82, 2.24) is 9.97 Å². The van der Waals surface area contributed by atoms with Crippen LogP contribution in [0.5, 0.6) is 0 Å². The summed E-state index contributed by atoms with van der Waals surface area (Å²) in [5, 5.41) is 3.36. The Kier molecular flexibility index (Phi) is 3.15. The molecule has 1 aromatic carbocycles. The molecule has 3 nitrogen and oxygen atoms in total. The predicted octanol–water partition coefficient (Wildman–Crippen LogP) is 3.45. The number of benzene rings is 1. The van der Waals surface area contributed by atoms with Gasteiger partial charge in [0.15, 0.2) is 0 Å². The Hall–Kier alpha value is -1.61. The number of fused-ring (bicyclic) bond motifs is 1. The van der Waals surface area contributed by atoms with Crippen molar-refractivity contribution in [2.75, 3.05) is 5.32 Å². The number of aryl methyl sites for hydroxylation is 1. The molecule has 0 spiro atoms. The lowest BCUT2D eigenvalue weighted by atomic mass is 10.2. The van der Waals surface area contributed by atoms with Crippen LogP contribution in [-0.4, -0.2) is 9.97 Å². The summed E-state index contributed by atoms with van der Waals surface area (Å²) in [6, 6.07) is 8.11. The van der Waals surface area contributed by atoms with Crippen LogP contribution in [0.1, 0.15) is 23.2 Å². The molecule has 4 heteroatoms. The minimum atomic E-state index is 0.545. The Bertz CT molecular complexity index is 551. The smallest absolute Gasteiger partial charge is 0.137 e. The van der Waals surface area contributed by atoms with E-state index >= 15 is 0 Å². The van der Waals surface area contributed by atoms with E-state index in [2.05, 4.69) is 15.3 Å². The van der Waals surface area contributed by atoms with Crippen LogP contribution in [-0.2, 0) is 18.7 Å². The van der Waals surface area contributed by atoms with Crippen molar-refractivity contribution in [2.45, 2.75) is 25.1 Å². The van der Waals surface area contributed by atoms with Crippen LogP contribution in [0.2, 0.25) is 0 Å². The molecule has 2 aromatic rings. The van der Waals surface area contributed by atoms with E-state index in [1.54, 1.807) is 6.33 Å². The van der Waals surface area contributed by atoms with Gasteiger partial charge in [0.2, 0.25) is 0 Å². The zero-order valence-corrected chi connectivity index (χ0v) is 10.7. The second kappa shape index (κ2) is 4.94. The third-order valence-corrected chi connectivity index (χ3v) is 3.55. The molecule has 0 amide bonds. The molecule has 18 heavy (non-hydrogen) atoms. The van der Waals surface area contributed by atoms with Crippen LogP contribution in [0.25, 0.3) is 0 Å². The minimum Gasteiger partial charge on any atom is -0.340 e. The summed E-state index contributed by atoms with van der Waals surface area (Å²) in [5.41, 5.74) is 4.61. The number of rotatable bonds is 3. The van der Waals surface area contributed by atoms with Crippen molar-refractivity contribution in [3.63, 3.8) is 0 Å². The first-order valence-corrected chi connectivity index (χ1v) is 6.65. The first-order valence-electron chi connectivity index (χ1n) is 6.11. The quantitative estimate of drug-likeness (QED) is 0.858. The highest BCUT2D eigenvalue weighted by atomic mass is 35.5. The van der Waals surface area contributed by atoms with Gasteiger partial charge in [0.1, 0.15) is 12.1 Å². The Morgan fingerprint density at radius 3 is 2.72 bits per heavy atom. The standard InChI is InChI=1S/C14H14ClN3/c15-8-10-4-6-11(7-5-10)18-14-12-2-1-3-13(12)16-9-17-14/h4-7,9H,1-3,8H2,(H,16,17,18). The Morgan fingerprint density at radius 1 is 1.11 bits per heavy atom. The van der Waals surface area contributed by atoms with E-state index in [0.717, 1.165) is 29.9 Å². The van der Waals surface area contributed by atoms with E-state index in [9.17, 15) is 0 Å². The van der Waals surface area contributed by atoms with Gasteiger partial charge >= 0.3 is 0 Å². The zero-order chi connectivity index (χ0) is 12.4. The van der Waals surface area contributed by atoms with Gasteiger partial charge in [-0.15, -0.1) is 11.6 Å². The molecule has 92 valence electrons. The van der Waals surface area contributed by atoms with Gasteiger partial charge < -0.3 is 5.32 Å². The van der Waals surface area contributed by atoms with Crippen LogP contribution < -0.4 is 5.32 Å². The van der Waals surface area contributed by atoms with E-state index in [-0.39, 0.29) is 0 Å². The average Bonchev–Trinajstić information content (AvgIpc) is 2.89. The molecule has 0 radical (unpaired) electrons. The average molecular weight is 260 g/mol. The Labute approximate surface area is 111 Å². The van der Waals surface area contributed by atoms with Crippen LogP contribution in [0, 0.1) is 0 Å². The van der Waals surface area contributed by atoms with Crippen LogP contribution in [0.15, 0.2) is 30.6 Å². The number of hydrogen-bond acceptors (Lipinski definition) is 3. The van der Waals surface area contributed by atoms with Gasteiger partial charge in [-0.25, -0.2) is 9.97 Å². The highest BCUT2D eigenvalue weighted by Gasteiger charge is 2.16. The zero-order valence-electron chi connectivity index (χ0n) is 9.99. The van der Waals surface area contributed by atoms with E-state index in [1.807, 2.05) is 24.3 Å². The largest absolute Gasteiger partial charge is 0.340 e. The summed E-state index contributed by atoms with van der Waals surface area (Å²) in [7, 11) is 0. The van der Waals surface area contributed by atoms with Gasteiger partial charge in [0, 0.05) is 22.8 Å². The van der Waals surface area contributed by atoms with Crippen molar-refractivity contribution in [2.24, 2.45) is 0 Å². The summed E-state index contributed by atoms with van der Waals surface area (Å²) in [4.78, 5) is 8.66. The molecule has 0 aliphatic heterocycles. The monoisotopic (exact) mass is 259 g/mol. The topological polar surface area (TPSA) is 37.8 Å². The van der Waals surface area contributed by atoms with Crippen LogP contribution in [0.4, 0.5) is 11.5 Å². The molecular weight excluding hydrogens is 246 g/mol. The summed E-state index contributed by atoms with van der Waals surface area (Å²) in [6.45, 7) is 0. The Morgan fingerprint density at radius 2 is 1.94 bits per heavy atom. The molecule has 1 aliphatic carbocycles. The maximum Gasteiger partial charge on any atom is 0.137 e. The van der Waals surface area contributed by atoms with Crippen molar-refractivity contribution in [3.8, 4) is 0 Å². The van der Waals surface area contributed by atoms with E-state index in [1.165, 1.54) is 17.7 Å². The number of aromatic nitrogens is 2. The van der Waals surface area contributed by atoms with Crippen LogP contribution >= 0.6 is 11.6 Å². The first kappa shape index (κ1) is 11.5. The molecule has 1 aromatic heterocycles. The van der Waals surface area contributed by atoms with E-state index in [0.29, 0.717) is 5.88 Å². The van der Waals surface area contributed by atoms with Gasteiger partial charge in [0.25, 0.3) is 0 Å². The fourth-order valence-corrected chi connectivity index (χ4v) is 2.46. The lowest BCUT2D eigenvalue weighted by Crippen LogP contribution is -2.00. The molecule has 0 saturated carbocycles. The van der Waals surface area contributed by atoms with Gasteiger partial charge in [-0.05, 0) is 37.0 Å². The predicted molar refractivity (Wildman–Crippen MR) is 73.3 cm³/mol. The third kappa shape index (κ3) is 2.18. The number of alkyl halides is 1. The second-order valence-corrected chi connectivity index (χ2v) is 4.72. The molecule has 0 atom stereocenters. The fourth-order valence-electron chi connectivity index (χ4n) is 2.28. The minimum absolute atomic E-state index is 0.545. The second-order valence-electron chi connectivity index (χ2n) is 4.46. The summed E-state index contributed by atoms with van der Waals surface area (Å²) >= 11 is 5.78. The lowest BCUT2D eigenvalue weighted by molar-refractivity contribution is 0.899. The highest BCUT2D eigenvalue weighted by Crippen LogP contribution is 2.27. The van der Waals surface area contributed by atoms with Gasteiger partial charge in [0.05, 0.1) is 0 Å². The summed E-state index contributed by atoms with van der Waals surface area (Å²) in [6.07, 6.45) is 4.95. The number of nitrogens with zero attached hydrogens (tertiary/aromatic N) is 2. The molecule has 1 aliphatic rings. The van der Waals surface area contributed by atoms with Crippen molar-refractivity contribution in [3.05, 3.63) is 47.4 Å². The number of hydrogen-bond donors (Lipinski definition) is 1. The summed E-state index contributed by atoms with van der Waals surface area (Å²) in [5.74, 6) is 1.49. The molecule has 1 N–H and O–H groups in total. The third-order valence-electron chi connectivity index (χ3n) is 3.25. The van der Waals surface area contributed by atoms with E-state index in [4.69, 9.17) is 11.6 Å². The normalized spacial score (nSPS) is 13.4. The molecule has 3 rings (SSSR count). The highest BCUT2D eigenvalue weighted by molar-refractivity contribution is 6.17. The lowest BCUT2D eigenvalue weighted by Gasteiger charge is -2.09. The maximum atomic E-state index is 5.78. The van der Waals surface area contributed by atoms with Gasteiger partial charge in [-0.1, -0.05) is 12.1 Å². The van der Waals surface area contributed by atoms with Gasteiger partial charge in [-0.3, -0.25) is 0 Å². The Balaban J connectivity index is 1.86. The first-order chi connectivity index (χ1) is 8.86. The van der Waals surface area contributed by atoms with Crippen molar-refractivity contribution in [1.29, 1.82) is 0 Å². The summed E-state index contributed by atoms with van der Waals surface area (Å²) < 4.78 is 0. The number of halogens is 1. The molecule has 0 bridgehead atoms. The van der Waals surface area contributed by atoms with Crippen LogP contribution in [0.3, 0.4) is 0 Å². The molecule has 0 unspecified atom stereocenters. The molecule has 1 heterocycles. The molecule has 0 fully saturated rings. The fraction of sp³-hybridized carbons (Fsp3) is 0.286. The molecule has 0 saturated heterocycles. The SMILES string of the molecule is ClCc1ccc(Nc2ncnc3c2CCC3)cc1. The number of nitrogens with one attached hydrogen (secondary N) is 1. The van der Waals surface area contributed by atoms with Crippen molar-refractivity contribution >= 4 is 23.1 Å². The molecular formula is C14H14ClN3. The number of anilines is 2. The van der Waals surface area contributed by atoms with Crippen molar-refractivity contribution < 1.29 is 0 Å².